The largest absolute Gasteiger partial charge is 0.373 e. The number of likely N-dealkylation sites (N-methyl/N-ethyl adjacent to an activating group) is 1. The molecule has 0 spiro atoms. The van der Waals surface area contributed by atoms with Crippen LogP contribution in [-0.2, 0) is 4.74 Å². The molecule has 0 radical (unpaired) electrons. The van der Waals surface area contributed by atoms with Gasteiger partial charge in [0.05, 0.1) is 18.2 Å². The number of ether oxygens (including phenoxy) is 1. The summed E-state index contributed by atoms with van der Waals surface area (Å²) in [6.07, 6.45) is 0.265. The minimum Gasteiger partial charge on any atom is -0.373 e. The molecule has 3 rings (SSSR count). The Labute approximate surface area is 126 Å². The van der Waals surface area contributed by atoms with Crippen LogP contribution in [0.1, 0.15) is 5.69 Å². The molecule has 1 aliphatic heterocycles. The molecule has 1 aliphatic rings. The van der Waals surface area contributed by atoms with Crippen LogP contribution in [0.4, 0.5) is 5.69 Å². The Morgan fingerprint density at radius 3 is 2.95 bits per heavy atom. The number of morpholine rings is 1. The average molecular weight is 285 g/mol. The van der Waals surface area contributed by atoms with Crippen molar-refractivity contribution in [2.75, 3.05) is 45.2 Å². The Morgan fingerprint density at radius 2 is 2.14 bits per heavy atom. The first-order valence-corrected chi connectivity index (χ1v) is 7.51. The molecule has 4 heteroatoms. The number of anilines is 1. The highest BCUT2D eigenvalue weighted by Gasteiger charge is 2.22. The second kappa shape index (κ2) is 6.00. The van der Waals surface area contributed by atoms with Crippen LogP contribution >= 0.6 is 0 Å². The SMILES string of the molecule is Cc1cc(N2CCOC(CN(C)C)C2)c2ccccc2n1. The number of nitrogens with zero attached hydrogens (tertiary/aromatic N) is 3. The van der Waals surface area contributed by atoms with E-state index in [1.54, 1.807) is 0 Å². The van der Waals surface area contributed by atoms with Crippen molar-refractivity contribution in [3.05, 3.63) is 36.0 Å². The first-order valence-electron chi connectivity index (χ1n) is 7.51. The smallest absolute Gasteiger partial charge is 0.0877 e. The number of aromatic nitrogens is 1. The van der Waals surface area contributed by atoms with Gasteiger partial charge in [-0.05, 0) is 33.2 Å². The maximum absolute atomic E-state index is 5.88. The van der Waals surface area contributed by atoms with Gasteiger partial charge in [-0.2, -0.15) is 0 Å². The van der Waals surface area contributed by atoms with Gasteiger partial charge in [-0.15, -0.1) is 0 Å². The molecule has 0 aliphatic carbocycles. The molecule has 0 N–H and O–H groups in total. The Kier molecular flexibility index (Phi) is 4.08. The molecule has 1 aromatic carbocycles. The summed E-state index contributed by atoms with van der Waals surface area (Å²) in [6.45, 7) is 5.68. The van der Waals surface area contributed by atoms with Crippen molar-refractivity contribution in [1.82, 2.24) is 9.88 Å². The van der Waals surface area contributed by atoms with E-state index in [-0.39, 0.29) is 6.10 Å². The lowest BCUT2D eigenvalue weighted by Crippen LogP contribution is -2.46. The number of aryl methyl sites for hydroxylation is 1. The lowest BCUT2D eigenvalue weighted by Gasteiger charge is -2.36. The van der Waals surface area contributed by atoms with Gasteiger partial charge in [0.15, 0.2) is 0 Å². The van der Waals surface area contributed by atoms with Crippen LogP contribution < -0.4 is 4.90 Å². The van der Waals surface area contributed by atoms with E-state index in [1.165, 1.54) is 11.1 Å². The van der Waals surface area contributed by atoms with Crippen molar-refractivity contribution in [2.45, 2.75) is 13.0 Å². The lowest BCUT2D eigenvalue weighted by atomic mass is 10.1. The molecule has 1 aromatic heterocycles. The maximum atomic E-state index is 5.88. The molecule has 2 heterocycles. The Bertz CT molecular complexity index is 626. The van der Waals surface area contributed by atoms with Crippen molar-refractivity contribution in [3.63, 3.8) is 0 Å². The van der Waals surface area contributed by atoms with Gasteiger partial charge in [0.2, 0.25) is 0 Å². The summed E-state index contributed by atoms with van der Waals surface area (Å²) in [5.74, 6) is 0. The Morgan fingerprint density at radius 1 is 1.33 bits per heavy atom. The molecule has 4 nitrogen and oxygen atoms in total. The number of rotatable bonds is 3. The number of pyridine rings is 1. The fraction of sp³-hybridized carbons (Fsp3) is 0.471. The second-order valence-electron chi connectivity index (χ2n) is 6.00. The number of fused-ring (bicyclic) bond motifs is 1. The van der Waals surface area contributed by atoms with Crippen LogP contribution in [0.15, 0.2) is 30.3 Å². The third kappa shape index (κ3) is 3.17. The van der Waals surface area contributed by atoms with Crippen LogP contribution in [0.3, 0.4) is 0 Å². The second-order valence-corrected chi connectivity index (χ2v) is 6.00. The first-order chi connectivity index (χ1) is 10.1. The molecule has 1 fully saturated rings. The summed E-state index contributed by atoms with van der Waals surface area (Å²) in [5.41, 5.74) is 3.42. The summed E-state index contributed by atoms with van der Waals surface area (Å²) in [6, 6.07) is 10.6. The van der Waals surface area contributed by atoms with Crippen LogP contribution in [0.2, 0.25) is 0 Å². The predicted molar refractivity (Wildman–Crippen MR) is 87.0 cm³/mol. The zero-order chi connectivity index (χ0) is 14.8. The molecule has 0 bridgehead atoms. The molecule has 1 unspecified atom stereocenters. The van der Waals surface area contributed by atoms with Gasteiger partial charge in [0, 0.05) is 36.4 Å². The first kappa shape index (κ1) is 14.3. The van der Waals surface area contributed by atoms with Crippen LogP contribution in [-0.4, -0.2) is 56.3 Å². The molecule has 0 saturated carbocycles. The van der Waals surface area contributed by atoms with Gasteiger partial charge in [0.1, 0.15) is 0 Å². The lowest BCUT2D eigenvalue weighted by molar-refractivity contribution is 0.0248. The third-order valence-electron chi connectivity index (χ3n) is 3.87. The summed E-state index contributed by atoms with van der Waals surface area (Å²) in [7, 11) is 4.18. The maximum Gasteiger partial charge on any atom is 0.0877 e. The van der Waals surface area contributed by atoms with Crippen LogP contribution in [0, 0.1) is 6.92 Å². The van der Waals surface area contributed by atoms with Crippen molar-refractivity contribution >= 4 is 16.6 Å². The molecule has 112 valence electrons. The molecule has 1 atom stereocenters. The van der Waals surface area contributed by atoms with Crippen molar-refractivity contribution in [1.29, 1.82) is 0 Å². The molecule has 21 heavy (non-hydrogen) atoms. The Hall–Kier alpha value is -1.65. The fourth-order valence-electron chi connectivity index (χ4n) is 3.00. The van der Waals surface area contributed by atoms with Gasteiger partial charge in [0.25, 0.3) is 0 Å². The number of hydrogen-bond donors (Lipinski definition) is 0. The third-order valence-corrected chi connectivity index (χ3v) is 3.87. The van der Waals surface area contributed by atoms with Crippen molar-refractivity contribution in [3.8, 4) is 0 Å². The van der Waals surface area contributed by atoms with Gasteiger partial charge >= 0.3 is 0 Å². The zero-order valence-electron chi connectivity index (χ0n) is 13.0. The molecule has 2 aromatic rings. The highest BCUT2D eigenvalue weighted by atomic mass is 16.5. The van der Waals surface area contributed by atoms with Gasteiger partial charge in [-0.1, -0.05) is 18.2 Å². The average Bonchev–Trinajstić information content (AvgIpc) is 2.46. The van der Waals surface area contributed by atoms with E-state index < -0.39 is 0 Å². The summed E-state index contributed by atoms with van der Waals surface area (Å²) >= 11 is 0. The van der Waals surface area contributed by atoms with Gasteiger partial charge in [-0.25, -0.2) is 0 Å². The molecular weight excluding hydrogens is 262 g/mol. The number of para-hydroxylation sites is 1. The van der Waals surface area contributed by atoms with Gasteiger partial charge < -0.3 is 14.5 Å². The van der Waals surface area contributed by atoms with Gasteiger partial charge in [-0.3, -0.25) is 4.98 Å². The molecular formula is C17H23N3O. The predicted octanol–water partition coefficient (Wildman–Crippen LogP) is 2.31. The number of benzene rings is 1. The zero-order valence-corrected chi connectivity index (χ0v) is 13.0. The number of hydrogen-bond acceptors (Lipinski definition) is 4. The molecule has 0 amide bonds. The monoisotopic (exact) mass is 285 g/mol. The van der Waals surface area contributed by atoms with Crippen molar-refractivity contribution < 1.29 is 4.74 Å². The van der Waals surface area contributed by atoms with Crippen LogP contribution in [0.5, 0.6) is 0 Å². The van der Waals surface area contributed by atoms with Crippen LogP contribution in [0.25, 0.3) is 10.9 Å². The summed E-state index contributed by atoms with van der Waals surface area (Å²) in [5, 5.41) is 1.23. The standard InChI is InChI=1S/C17H23N3O/c1-13-10-17(15-6-4-5-7-16(15)18-13)20-8-9-21-14(12-20)11-19(2)3/h4-7,10,14H,8-9,11-12H2,1-3H3. The summed E-state index contributed by atoms with van der Waals surface area (Å²) < 4.78 is 5.88. The van der Waals surface area contributed by atoms with E-state index >= 15 is 0 Å². The van der Waals surface area contributed by atoms with E-state index in [0.717, 1.165) is 37.5 Å². The highest BCUT2D eigenvalue weighted by Crippen LogP contribution is 2.28. The van der Waals surface area contributed by atoms with E-state index in [0.29, 0.717) is 0 Å². The fourth-order valence-corrected chi connectivity index (χ4v) is 3.00. The van der Waals surface area contributed by atoms with Crippen molar-refractivity contribution in [2.24, 2.45) is 0 Å². The summed E-state index contributed by atoms with van der Waals surface area (Å²) in [4.78, 5) is 9.26. The van der Waals surface area contributed by atoms with E-state index in [1.807, 2.05) is 6.07 Å². The van der Waals surface area contributed by atoms with E-state index in [9.17, 15) is 0 Å². The topological polar surface area (TPSA) is 28.6 Å². The quantitative estimate of drug-likeness (QED) is 0.865. The van der Waals surface area contributed by atoms with E-state index in [4.69, 9.17) is 4.74 Å². The normalized spacial score (nSPS) is 19.4. The minimum absolute atomic E-state index is 0.265. The highest BCUT2D eigenvalue weighted by molar-refractivity contribution is 5.92. The molecule has 1 saturated heterocycles. The Balaban J connectivity index is 1.92. The minimum atomic E-state index is 0.265. The van der Waals surface area contributed by atoms with E-state index in [2.05, 4.69) is 60.1 Å².